The van der Waals surface area contributed by atoms with E-state index >= 15 is 0 Å². The second-order valence-corrected chi connectivity index (χ2v) is 6.66. The molecule has 0 aliphatic carbocycles. The first-order chi connectivity index (χ1) is 10.1. The van der Waals surface area contributed by atoms with Gasteiger partial charge in [0.1, 0.15) is 11.3 Å². The lowest BCUT2D eigenvalue weighted by molar-refractivity contribution is 0.157. The molecule has 0 spiro atoms. The summed E-state index contributed by atoms with van der Waals surface area (Å²) in [5.74, 6) is 1.59. The van der Waals surface area contributed by atoms with Crippen molar-refractivity contribution < 1.29 is 0 Å². The van der Waals surface area contributed by atoms with Crippen LogP contribution in [0.4, 0.5) is 0 Å². The Labute approximate surface area is 135 Å². The predicted molar refractivity (Wildman–Crippen MR) is 87.3 cm³/mol. The first-order valence-electron chi connectivity index (χ1n) is 7.38. The SMILES string of the molecule is CC1CC(n2c(CCCl)nc3cc(Cl)cnc32)CCN1C. The molecular weight excluding hydrogens is 307 g/mol. The predicted octanol–water partition coefficient (Wildman–Crippen LogP) is 3.52. The standard InChI is InChI=1S/C15H20Cl2N4/c1-10-7-12(4-6-20(10)2)21-14(3-5-16)19-13-8-11(17)9-18-15(13)21/h8-10,12H,3-7H2,1-2H3. The molecule has 3 rings (SSSR count). The summed E-state index contributed by atoms with van der Waals surface area (Å²) in [5, 5.41) is 0.626. The van der Waals surface area contributed by atoms with Gasteiger partial charge in [0, 0.05) is 37.1 Å². The minimum Gasteiger partial charge on any atom is -0.309 e. The van der Waals surface area contributed by atoms with Gasteiger partial charge in [0.25, 0.3) is 0 Å². The van der Waals surface area contributed by atoms with Gasteiger partial charge in [0.05, 0.1) is 5.02 Å². The van der Waals surface area contributed by atoms with E-state index in [0.717, 1.165) is 42.8 Å². The molecule has 114 valence electrons. The van der Waals surface area contributed by atoms with Crippen molar-refractivity contribution in [3.05, 3.63) is 23.1 Å². The minimum absolute atomic E-state index is 0.438. The van der Waals surface area contributed by atoms with Crippen LogP contribution in [0.15, 0.2) is 12.3 Å². The Balaban J connectivity index is 2.04. The summed E-state index contributed by atoms with van der Waals surface area (Å²) in [6.07, 6.45) is 4.69. The number of fused-ring (bicyclic) bond motifs is 1. The molecule has 1 fully saturated rings. The number of nitrogens with zero attached hydrogens (tertiary/aromatic N) is 4. The zero-order chi connectivity index (χ0) is 15.0. The van der Waals surface area contributed by atoms with Crippen molar-refractivity contribution in [2.45, 2.75) is 38.3 Å². The van der Waals surface area contributed by atoms with Crippen LogP contribution < -0.4 is 0 Å². The maximum Gasteiger partial charge on any atom is 0.160 e. The molecule has 21 heavy (non-hydrogen) atoms. The van der Waals surface area contributed by atoms with E-state index in [2.05, 4.69) is 28.4 Å². The Kier molecular flexibility index (Phi) is 4.38. The molecule has 0 saturated carbocycles. The molecule has 1 aliphatic rings. The van der Waals surface area contributed by atoms with Crippen LogP contribution in [0.5, 0.6) is 0 Å². The molecule has 0 radical (unpaired) electrons. The number of aryl methyl sites for hydroxylation is 1. The molecular formula is C15H20Cl2N4. The molecule has 2 aromatic rings. The topological polar surface area (TPSA) is 34.0 Å². The van der Waals surface area contributed by atoms with E-state index in [1.807, 2.05) is 6.07 Å². The van der Waals surface area contributed by atoms with Gasteiger partial charge >= 0.3 is 0 Å². The number of piperidine rings is 1. The molecule has 6 heteroatoms. The molecule has 0 bridgehead atoms. The molecule has 0 amide bonds. The zero-order valence-corrected chi connectivity index (χ0v) is 13.9. The van der Waals surface area contributed by atoms with E-state index in [1.54, 1.807) is 6.20 Å². The van der Waals surface area contributed by atoms with Crippen LogP contribution in [0.1, 0.15) is 31.6 Å². The third kappa shape index (κ3) is 2.89. The Morgan fingerprint density at radius 1 is 1.43 bits per heavy atom. The van der Waals surface area contributed by atoms with E-state index < -0.39 is 0 Å². The first-order valence-corrected chi connectivity index (χ1v) is 8.30. The summed E-state index contributed by atoms with van der Waals surface area (Å²) in [7, 11) is 2.19. The number of rotatable bonds is 3. The summed E-state index contributed by atoms with van der Waals surface area (Å²) in [6, 6.07) is 2.89. The number of pyridine rings is 1. The number of aromatic nitrogens is 3. The second-order valence-electron chi connectivity index (χ2n) is 5.84. The van der Waals surface area contributed by atoms with Gasteiger partial charge in [0.15, 0.2) is 5.65 Å². The van der Waals surface area contributed by atoms with Gasteiger partial charge in [-0.25, -0.2) is 9.97 Å². The molecule has 0 N–H and O–H groups in total. The molecule has 2 atom stereocenters. The maximum atomic E-state index is 6.04. The number of imidazole rings is 1. The first kappa shape index (κ1) is 15.1. The van der Waals surface area contributed by atoms with Gasteiger partial charge in [-0.1, -0.05) is 11.6 Å². The second kappa shape index (κ2) is 6.11. The van der Waals surface area contributed by atoms with Crippen LogP contribution in [-0.4, -0.2) is 44.9 Å². The Morgan fingerprint density at radius 2 is 2.24 bits per heavy atom. The molecule has 4 nitrogen and oxygen atoms in total. The van der Waals surface area contributed by atoms with Crippen LogP contribution in [0, 0.1) is 0 Å². The molecule has 0 aromatic carbocycles. The largest absolute Gasteiger partial charge is 0.309 e. The average molecular weight is 327 g/mol. The van der Waals surface area contributed by atoms with Crippen molar-refractivity contribution in [3.63, 3.8) is 0 Å². The lowest BCUT2D eigenvalue weighted by atomic mass is 9.98. The smallest absolute Gasteiger partial charge is 0.160 e. The third-order valence-electron chi connectivity index (χ3n) is 4.43. The van der Waals surface area contributed by atoms with Gasteiger partial charge in [-0.2, -0.15) is 0 Å². The summed E-state index contributed by atoms with van der Waals surface area (Å²) in [6.45, 7) is 3.37. The Morgan fingerprint density at radius 3 is 2.95 bits per heavy atom. The molecule has 3 heterocycles. The molecule has 2 aromatic heterocycles. The maximum absolute atomic E-state index is 6.04. The highest BCUT2D eigenvalue weighted by atomic mass is 35.5. The lowest BCUT2D eigenvalue weighted by Crippen LogP contribution is -2.38. The molecule has 1 saturated heterocycles. The highest BCUT2D eigenvalue weighted by Gasteiger charge is 2.27. The third-order valence-corrected chi connectivity index (χ3v) is 4.83. The summed E-state index contributed by atoms with van der Waals surface area (Å²) < 4.78 is 2.29. The van der Waals surface area contributed by atoms with Crippen LogP contribution in [0.2, 0.25) is 5.02 Å². The number of halogens is 2. The van der Waals surface area contributed by atoms with E-state index in [1.165, 1.54) is 0 Å². The minimum atomic E-state index is 0.438. The van der Waals surface area contributed by atoms with Gasteiger partial charge in [-0.3, -0.25) is 0 Å². The summed E-state index contributed by atoms with van der Waals surface area (Å²) in [5.41, 5.74) is 1.80. The van der Waals surface area contributed by atoms with Crippen molar-refractivity contribution in [3.8, 4) is 0 Å². The Bertz CT molecular complexity index is 640. The van der Waals surface area contributed by atoms with Gasteiger partial charge < -0.3 is 9.47 Å². The van der Waals surface area contributed by atoms with Crippen LogP contribution >= 0.6 is 23.2 Å². The van der Waals surface area contributed by atoms with Crippen molar-refractivity contribution in [2.75, 3.05) is 19.5 Å². The fraction of sp³-hybridized carbons (Fsp3) is 0.600. The van der Waals surface area contributed by atoms with Crippen molar-refractivity contribution in [1.29, 1.82) is 0 Å². The van der Waals surface area contributed by atoms with E-state index in [0.29, 0.717) is 23.0 Å². The van der Waals surface area contributed by atoms with Gasteiger partial charge in [0.2, 0.25) is 0 Å². The van der Waals surface area contributed by atoms with Crippen molar-refractivity contribution in [1.82, 2.24) is 19.4 Å². The average Bonchev–Trinajstić information content (AvgIpc) is 2.79. The highest BCUT2D eigenvalue weighted by Crippen LogP contribution is 2.31. The molecule has 2 unspecified atom stereocenters. The van der Waals surface area contributed by atoms with Crippen LogP contribution in [0.25, 0.3) is 11.2 Å². The van der Waals surface area contributed by atoms with Crippen LogP contribution in [0.3, 0.4) is 0 Å². The zero-order valence-electron chi connectivity index (χ0n) is 12.4. The van der Waals surface area contributed by atoms with E-state index in [9.17, 15) is 0 Å². The summed E-state index contributed by atoms with van der Waals surface area (Å²) >= 11 is 12.0. The number of likely N-dealkylation sites (tertiary alicyclic amines) is 1. The van der Waals surface area contributed by atoms with Crippen LogP contribution in [-0.2, 0) is 6.42 Å². The van der Waals surface area contributed by atoms with Gasteiger partial charge in [-0.05, 0) is 32.9 Å². The normalized spacial score (nSPS) is 23.8. The highest BCUT2D eigenvalue weighted by molar-refractivity contribution is 6.31. The monoisotopic (exact) mass is 326 g/mol. The van der Waals surface area contributed by atoms with Crippen molar-refractivity contribution in [2.24, 2.45) is 0 Å². The number of alkyl halides is 1. The fourth-order valence-electron chi connectivity index (χ4n) is 3.15. The Hall–Kier alpha value is -0.840. The lowest BCUT2D eigenvalue weighted by Gasteiger charge is -2.36. The number of hydrogen-bond donors (Lipinski definition) is 0. The fourth-order valence-corrected chi connectivity index (χ4v) is 3.47. The summed E-state index contributed by atoms with van der Waals surface area (Å²) in [4.78, 5) is 11.6. The van der Waals surface area contributed by atoms with Crippen molar-refractivity contribution >= 4 is 34.4 Å². The van der Waals surface area contributed by atoms with E-state index in [4.69, 9.17) is 28.2 Å². The van der Waals surface area contributed by atoms with E-state index in [-0.39, 0.29) is 0 Å². The van der Waals surface area contributed by atoms with Gasteiger partial charge in [-0.15, -0.1) is 11.6 Å². The number of hydrogen-bond acceptors (Lipinski definition) is 3. The molecule has 1 aliphatic heterocycles. The quantitative estimate of drug-likeness (QED) is 0.809.